The normalized spacial score (nSPS) is 14.6. The van der Waals surface area contributed by atoms with Gasteiger partial charge < -0.3 is 9.59 Å². The van der Waals surface area contributed by atoms with Gasteiger partial charge in [0.1, 0.15) is 6.61 Å². The van der Waals surface area contributed by atoms with Crippen LogP contribution in [0.5, 0.6) is 0 Å². The highest BCUT2D eigenvalue weighted by molar-refractivity contribution is 5.93. The maximum Gasteiger partial charge on any atom is 0.214 e. The molecule has 0 aliphatic heterocycles. The molecule has 0 fully saturated rings. The second kappa shape index (κ2) is 5.94. The van der Waals surface area contributed by atoms with Gasteiger partial charge in [0.2, 0.25) is 5.78 Å². The third-order valence-corrected chi connectivity index (χ3v) is 2.17. The molecule has 0 heterocycles. The zero-order chi connectivity index (χ0) is 11.2. The quantitative estimate of drug-likeness (QED) is 0.512. The van der Waals surface area contributed by atoms with Gasteiger partial charge in [0.15, 0.2) is 6.04 Å². The van der Waals surface area contributed by atoms with E-state index in [2.05, 4.69) is 6.92 Å². The Kier molecular flexibility index (Phi) is 5.65. The van der Waals surface area contributed by atoms with Crippen LogP contribution < -0.4 is 0 Å². The minimum absolute atomic E-state index is 0.00782. The summed E-state index contributed by atoms with van der Waals surface area (Å²) in [7, 11) is 5.73. The Bertz CT molecular complexity index is 204. The first-order valence-electron chi connectivity index (χ1n) is 5.05. The fourth-order valence-corrected chi connectivity index (χ4v) is 1.19. The number of carbonyl (C=O) groups is 1. The Hall–Kier alpha value is -0.670. The van der Waals surface area contributed by atoms with Crippen LogP contribution in [0, 0.1) is 0 Å². The van der Waals surface area contributed by atoms with Gasteiger partial charge in [-0.3, -0.25) is 4.79 Å². The summed E-state index contributed by atoms with van der Waals surface area (Å²) in [5.41, 5.74) is 0. The van der Waals surface area contributed by atoms with Crippen LogP contribution in [0.15, 0.2) is 12.2 Å². The molecule has 0 saturated heterocycles. The van der Waals surface area contributed by atoms with Crippen LogP contribution in [0.4, 0.5) is 0 Å². The number of aliphatic hydroxyl groups excluding tert-OH is 1. The highest BCUT2D eigenvalue weighted by Crippen LogP contribution is 2.05. The zero-order valence-electron chi connectivity index (χ0n) is 9.66. The van der Waals surface area contributed by atoms with Gasteiger partial charge in [-0.1, -0.05) is 19.4 Å². The van der Waals surface area contributed by atoms with E-state index in [1.165, 1.54) is 0 Å². The van der Waals surface area contributed by atoms with E-state index in [4.69, 9.17) is 5.11 Å². The number of ketones is 1. The van der Waals surface area contributed by atoms with Crippen molar-refractivity contribution in [3.05, 3.63) is 12.2 Å². The Balaban J connectivity index is 4.33. The Morgan fingerprint density at radius 3 is 2.36 bits per heavy atom. The van der Waals surface area contributed by atoms with Gasteiger partial charge >= 0.3 is 0 Å². The SMILES string of the molecule is CCC/C=C/C(=O)C(CO)[N+](C)(C)C. The second-order valence-corrected chi connectivity index (χ2v) is 4.41. The van der Waals surface area contributed by atoms with Crippen LogP contribution in [-0.2, 0) is 4.79 Å². The third-order valence-electron chi connectivity index (χ3n) is 2.17. The largest absolute Gasteiger partial charge is 0.390 e. The number of aliphatic hydroxyl groups is 1. The van der Waals surface area contributed by atoms with Crippen molar-refractivity contribution in [3.63, 3.8) is 0 Å². The van der Waals surface area contributed by atoms with E-state index in [1.54, 1.807) is 6.08 Å². The van der Waals surface area contributed by atoms with E-state index >= 15 is 0 Å². The maximum absolute atomic E-state index is 11.6. The van der Waals surface area contributed by atoms with Crippen molar-refractivity contribution in [2.45, 2.75) is 25.8 Å². The predicted molar refractivity (Wildman–Crippen MR) is 58.0 cm³/mol. The number of unbranched alkanes of at least 4 members (excludes halogenated alkanes) is 1. The first-order valence-corrected chi connectivity index (χ1v) is 5.05. The number of rotatable bonds is 6. The van der Waals surface area contributed by atoms with Gasteiger partial charge in [0.25, 0.3) is 0 Å². The van der Waals surface area contributed by atoms with Crippen molar-refractivity contribution >= 4 is 5.78 Å². The summed E-state index contributed by atoms with van der Waals surface area (Å²) in [6.07, 6.45) is 5.42. The third kappa shape index (κ3) is 4.53. The number of allylic oxidation sites excluding steroid dienone is 1. The van der Waals surface area contributed by atoms with Crippen molar-refractivity contribution in [2.75, 3.05) is 27.7 Å². The first-order chi connectivity index (χ1) is 6.43. The molecular formula is C11H22NO2+. The summed E-state index contributed by atoms with van der Waals surface area (Å²) < 4.78 is 0.464. The molecule has 0 aromatic heterocycles. The molecule has 82 valence electrons. The smallest absolute Gasteiger partial charge is 0.214 e. The molecule has 0 amide bonds. The average Bonchev–Trinajstić information content (AvgIpc) is 2.03. The molecule has 1 unspecified atom stereocenters. The number of hydrogen-bond donors (Lipinski definition) is 1. The number of quaternary nitrogens is 1. The van der Waals surface area contributed by atoms with Crippen LogP contribution in [0.25, 0.3) is 0 Å². The lowest BCUT2D eigenvalue weighted by atomic mass is 10.1. The summed E-state index contributed by atoms with van der Waals surface area (Å²) in [6.45, 7) is 1.97. The van der Waals surface area contributed by atoms with E-state index in [1.807, 2.05) is 27.2 Å². The molecule has 0 bridgehead atoms. The number of likely N-dealkylation sites (N-methyl/N-ethyl adjacent to an activating group) is 1. The van der Waals surface area contributed by atoms with E-state index in [9.17, 15) is 4.79 Å². The van der Waals surface area contributed by atoms with E-state index in [0.29, 0.717) is 4.48 Å². The number of hydrogen-bond acceptors (Lipinski definition) is 2. The topological polar surface area (TPSA) is 37.3 Å². The molecule has 0 radical (unpaired) electrons. The maximum atomic E-state index is 11.6. The van der Waals surface area contributed by atoms with Crippen molar-refractivity contribution < 1.29 is 14.4 Å². The van der Waals surface area contributed by atoms with Crippen molar-refractivity contribution in [3.8, 4) is 0 Å². The molecule has 0 rings (SSSR count). The highest BCUT2D eigenvalue weighted by Gasteiger charge is 2.28. The van der Waals surface area contributed by atoms with Crippen LogP contribution in [0.3, 0.4) is 0 Å². The van der Waals surface area contributed by atoms with Gasteiger partial charge in [-0.2, -0.15) is 0 Å². The van der Waals surface area contributed by atoms with Crippen molar-refractivity contribution in [2.24, 2.45) is 0 Å². The molecule has 0 aliphatic carbocycles. The van der Waals surface area contributed by atoms with Crippen LogP contribution in [0.1, 0.15) is 19.8 Å². The molecule has 0 aromatic carbocycles. The molecule has 3 heteroatoms. The Labute approximate surface area is 86.6 Å². The van der Waals surface area contributed by atoms with E-state index < -0.39 is 0 Å². The van der Waals surface area contributed by atoms with E-state index in [0.717, 1.165) is 12.8 Å². The molecule has 14 heavy (non-hydrogen) atoms. The Morgan fingerprint density at radius 2 is 2.00 bits per heavy atom. The average molecular weight is 200 g/mol. The summed E-state index contributed by atoms with van der Waals surface area (Å²) >= 11 is 0. The molecular weight excluding hydrogens is 178 g/mol. The number of carbonyl (C=O) groups excluding carboxylic acids is 1. The molecule has 1 atom stereocenters. The standard InChI is InChI=1S/C11H22NO2/c1-5-6-7-8-11(14)10(9-13)12(2,3)4/h7-8,10,13H,5-6,9H2,1-4H3/q+1/b8-7+. The summed E-state index contributed by atoms with van der Waals surface area (Å²) in [4.78, 5) is 11.6. The van der Waals surface area contributed by atoms with Crippen LogP contribution >= 0.6 is 0 Å². The molecule has 3 nitrogen and oxygen atoms in total. The lowest BCUT2D eigenvalue weighted by Gasteiger charge is -2.30. The summed E-state index contributed by atoms with van der Waals surface area (Å²) in [5.74, 6) is 0.00782. The van der Waals surface area contributed by atoms with Gasteiger partial charge in [-0.25, -0.2) is 0 Å². The van der Waals surface area contributed by atoms with Crippen LogP contribution in [-0.4, -0.2) is 49.2 Å². The monoisotopic (exact) mass is 200 g/mol. The van der Waals surface area contributed by atoms with Gasteiger partial charge in [0, 0.05) is 0 Å². The van der Waals surface area contributed by atoms with Gasteiger partial charge in [-0.05, 0) is 12.5 Å². The van der Waals surface area contributed by atoms with Crippen molar-refractivity contribution in [1.29, 1.82) is 0 Å². The minimum atomic E-state index is -0.344. The molecule has 0 aromatic rings. The highest BCUT2D eigenvalue weighted by atomic mass is 16.3. The predicted octanol–water partition coefficient (Wildman–Crippen LogP) is 0.979. The fraction of sp³-hybridized carbons (Fsp3) is 0.727. The molecule has 1 N–H and O–H groups in total. The van der Waals surface area contributed by atoms with Gasteiger partial charge in [0.05, 0.1) is 21.1 Å². The lowest BCUT2D eigenvalue weighted by Crippen LogP contribution is -2.51. The summed E-state index contributed by atoms with van der Waals surface area (Å²) in [5, 5.41) is 9.12. The molecule has 0 saturated carbocycles. The number of nitrogens with zero attached hydrogens (tertiary/aromatic N) is 1. The fourth-order valence-electron chi connectivity index (χ4n) is 1.19. The Morgan fingerprint density at radius 1 is 1.43 bits per heavy atom. The first kappa shape index (κ1) is 13.3. The minimum Gasteiger partial charge on any atom is -0.390 e. The molecule has 0 spiro atoms. The van der Waals surface area contributed by atoms with Crippen molar-refractivity contribution in [1.82, 2.24) is 0 Å². The summed E-state index contributed by atoms with van der Waals surface area (Å²) in [6, 6.07) is -0.344. The molecule has 0 aliphatic rings. The zero-order valence-corrected chi connectivity index (χ0v) is 9.66. The van der Waals surface area contributed by atoms with Crippen LogP contribution in [0.2, 0.25) is 0 Å². The van der Waals surface area contributed by atoms with E-state index in [-0.39, 0.29) is 18.4 Å². The second-order valence-electron chi connectivity index (χ2n) is 4.41. The van der Waals surface area contributed by atoms with Gasteiger partial charge in [-0.15, -0.1) is 0 Å². The lowest BCUT2D eigenvalue weighted by molar-refractivity contribution is -0.886.